The number of carbonyl (C=O) groups excluding carboxylic acids is 1. The van der Waals surface area contributed by atoms with Gasteiger partial charge in [0, 0.05) is 12.6 Å². The quantitative estimate of drug-likeness (QED) is 0.769. The van der Waals surface area contributed by atoms with Crippen molar-refractivity contribution in [1.29, 1.82) is 0 Å². The number of anilines is 1. The fourth-order valence-electron chi connectivity index (χ4n) is 1.57. The molecule has 1 rings (SSSR count). The van der Waals surface area contributed by atoms with Crippen molar-refractivity contribution >= 4 is 27.5 Å². The molecule has 6 heteroatoms. The van der Waals surface area contributed by atoms with Crippen molar-refractivity contribution in [2.75, 3.05) is 11.9 Å². The van der Waals surface area contributed by atoms with E-state index in [4.69, 9.17) is 0 Å². The zero-order valence-corrected chi connectivity index (χ0v) is 13.4. The largest absolute Gasteiger partial charge is 0.371 e. The molecule has 20 heavy (non-hydrogen) atoms. The molecule has 3 nitrogen and oxygen atoms in total. The van der Waals surface area contributed by atoms with Gasteiger partial charge < -0.3 is 10.6 Å². The van der Waals surface area contributed by atoms with Gasteiger partial charge in [-0.25, -0.2) is 8.78 Å². The Morgan fingerprint density at radius 2 is 1.90 bits per heavy atom. The fourth-order valence-corrected chi connectivity index (χ4v) is 1.91. The van der Waals surface area contributed by atoms with Crippen LogP contribution in [0.15, 0.2) is 16.6 Å². The summed E-state index contributed by atoms with van der Waals surface area (Å²) in [6, 6.07) is 1.45. The van der Waals surface area contributed by atoms with Gasteiger partial charge in [-0.05, 0) is 41.3 Å². The summed E-state index contributed by atoms with van der Waals surface area (Å²) in [5, 5.41) is 5.50. The van der Waals surface area contributed by atoms with Crippen molar-refractivity contribution in [2.24, 2.45) is 5.92 Å². The third-order valence-corrected chi connectivity index (χ3v) is 3.40. The zero-order chi connectivity index (χ0) is 15.3. The van der Waals surface area contributed by atoms with Gasteiger partial charge in [-0.3, -0.25) is 4.79 Å². The summed E-state index contributed by atoms with van der Waals surface area (Å²) in [7, 11) is 0. The minimum absolute atomic E-state index is 0.0878. The van der Waals surface area contributed by atoms with E-state index >= 15 is 0 Å². The van der Waals surface area contributed by atoms with E-state index in [1.54, 1.807) is 6.92 Å². The minimum atomic E-state index is -0.729. The van der Waals surface area contributed by atoms with Crippen LogP contribution in [0.1, 0.15) is 27.2 Å². The average molecular weight is 349 g/mol. The van der Waals surface area contributed by atoms with E-state index in [1.165, 1.54) is 6.07 Å². The van der Waals surface area contributed by atoms with Gasteiger partial charge >= 0.3 is 0 Å². The van der Waals surface area contributed by atoms with Crippen molar-refractivity contribution in [2.45, 2.75) is 33.2 Å². The highest BCUT2D eigenvalue weighted by Crippen LogP contribution is 2.24. The van der Waals surface area contributed by atoms with Gasteiger partial charge in [0.1, 0.15) is 17.7 Å². The number of benzene rings is 1. The van der Waals surface area contributed by atoms with Crippen LogP contribution >= 0.6 is 15.9 Å². The van der Waals surface area contributed by atoms with E-state index in [9.17, 15) is 13.6 Å². The van der Waals surface area contributed by atoms with Gasteiger partial charge in [0.2, 0.25) is 5.91 Å². The van der Waals surface area contributed by atoms with Gasteiger partial charge in [-0.1, -0.05) is 13.8 Å². The van der Waals surface area contributed by atoms with E-state index in [1.807, 2.05) is 0 Å². The lowest BCUT2D eigenvalue weighted by atomic mass is 10.1. The molecular formula is C14H19BrF2N2O. The van der Waals surface area contributed by atoms with Gasteiger partial charge in [0.05, 0.1) is 10.2 Å². The Bertz CT molecular complexity index is 480. The van der Waals surface area contributed by atoms with Crippen molar-refractivity contribution in [3.8, 4) is 0 Å². The highest BCUT2D eigenvalue weighted by Gasteiger charge is 2.15. The van der Waals surface area contributed by atoms with Crippen LogP contribution in [-0.4, -0.2) is 18.5 Å². The maximum atomic E-state index is 13.6. The van der Waals surface area contributed by atoms with E-state index in [-0.39, 0.29) is 16.1 Å². The lowest BCUT2D eigenvalue weighted by Gasteiger charge is -2.16. The standard InChI is InChI=1S/C14H19BrF2N2O/c1-8(2)4-5-18-14(20)9(3)19-13-6-10(15)11(16)7-12(13)17/h6-9,19H,4-5H2,1-3H3,(H,18,20). The Labute approximate surface area is 126 Å². The molecule has 1 aromatic carbocycles. The Morgan fingerprint density at radius 3 is 2.50 bits per heavy atom. The molecule has 0 heterocycles. The summed E-state index contributed by atoms with van der Waals surface area (Å²) in [6.45, 7) is 6.35. The number of hydrogen-bond donors (Lipinski definition) is 2. The first kappa shape index (κ1) is 16.9. The molecule has 112 valence electrons. The summed E-state index contributed by atoms with van der Waals surface area (Å²) in [4.78, 5) is 11.8. The van der Waals surface area contributed by atoms with Crippen LogP contribution in [0.3, 0.4) is 0 Å². The normalized spacial score (nSPS) is 12.3. The molecule has 0 radical (unpaired) electrons. The molecule has 2 N–H and O–H groups in total. The lowest BCUT2D eigenvalue weighted by molar-refractivity contribution is -0.121. The van der Waals surface area contributed by atoms with Gasteiger partial charge in [0.25, 0.3) is 0 Å². The van der Waals surface area contributed by atoms with E-state index < -0.39 is 17.7 Å². The molecule has 0 spiro atoms. The number of halogens is 3. The highest BCUT2D eigenvalue weighted by atomic mass is 79.9. The monoisotopic (exact) mass is 348 g/mol. The molecular weight excluding hydrogens is 330 g/mol. The van der Waals surface area contributed by atoms with E-state index in [0.717, 1.165) is 12.5 Å². The molecule has 0 aromatic heterocycles. The first-order valence-corrected chi connectivity index (χ1v) is 7.29. The minimum Gasteiger partial charge on any atom is -0.371 e. The number of carbonyl (C=O) groups is 1. The third kappa shape index (κ3) is 5.07. The molecule has 1 amide bonds. The average Bonchev–Trinajstić information content (AvgIpc) is 2.35. The van der Waals surface area contributed by atoms with Crippen LogP contribution in [0.2, 0.25) is 0 Å². The Balaban J connectivity index is 2.59. The second kappa shape index (κ2) is 7.57. The Hall–Kier alpha value is -1.17. The van der Waals surface area contributed by atoms with Crippen LogP contribution in [0, 0.1) is 17.6 Å². The molecule has 0 bridgehead atoms. The van der Waals surface area contributed by atoms with Crippen LogP contribution in [0.25, 0.3) is 0 Å². The van der Waals surface area contributed by atoms with Crippen molar-refractivity contribution in [3.63, 3.8) is 0 Å². The second-order valence-corrected chi connectivity index (χ2v) is 5.94. The molecule has 1 aromatic rings. The summed E-state index contributed by atoms with van der Waals surface area (Å²) < 4.78 is 26.8. The molecule has 1 unspecified atom stereocenters. The molecule has 0 saturated heterocycles. The van der Waals surface area contributed by atoms with Crippen molar-refractivity contribution < 1.29 is 13.6 Å². The summed E-state index contributed by atoms with van der Waals surface area (Å²) in [5.41, 5.74) is 0.0878. The molecule has 0 aliphatic heterocycles. The molecule has 0 fully saturated rings. The summed E-state index contributed by atoms with van der Waals surface area (Å²) in [5.74, 6) is -1.12. The number of hydrogen-bond acceptors (Lipinski definition) is 2. The second-order valence-electron chi connectivity index (χ2n) is 5.09. The van der Waals surface area contributed by atoms with E-state index in [0.29, 0.717) is 12.5 Å². The zero-order valence-electron chi connectivity index (χ0n) is 11.8. The van der Waals surface area contributed by atoms with Crippen molar-refractivity contribution in [1.82, 2.24) is 5.32 Å². The van der Waals surface area contributed by atoms with Crippen LogP contribution in [0.4, 0.5) is 14.5 Å². The fraction of sp³-hybridized carbons (Fsp3) is 0.500. The first-order valence-electron chi connectivity index (χ1n) is 6.50. The molecule has 1 atom stereocenters. The Morgan fingerprint density at radius 1 is 1.25 bits per heavy atom. The van der Waals surface area contributed by atoms with Gasteiger partial charge in [-0.2, -0.15) is 0 Å². The number of amides is 1. The highest BCUT2D eigenvalue weighted by molar-refractivity contribution is 9.10. The van der Waals surface area contributed by atoms with E-state index in [2.05, 4.69) is 40.4 Å². The van der Waals surface area contributed by atoms with Crippen LogP contribution in [-0.2, 0) is 4.79 Å². The Kier molecular flexibility index (Phi) is 6.39. The predicted octanol–water partition coefficient (Wildman–Crippen LogP) is 3.69. The smallest absolute Gasteiger partial charge is 0.242 e. The summed E-state index contributed by atoms with van der Waals surface area (Å²) in [6.07, 6.45) is 0.884. The molecule has 0 aliphatic rings. The molecule has 0 aliphatic carbocycles. The van der Waals surface area contributed by atoms with Gasteiger partial charge in [0.15, 0.2) is 0 Å². The first-order chi connectivity index (χ1) is 9.31. The summed E-state index contributed by atoms with van der Waals surface area (Å²) >= 11 is 2.98. The van der Waals surface area contributed by atoms with Crippen LogP contribution in [0.5, 0.6) is 0 Å². The van der Waals surface area contributed by atoms with Gasteiger partial charge in [-0.15, -0.1) is 0 Å². The number of nitrogens with one attached hydrogen (secondary N) is 2. The third-order valence-electron chi connectivity index (χ3n) is 2.80. The number of rotatable bonds is 6. The maximum absolute atomic E-state index is 13.6. The SMILES string of the molecule is CC(C)CCNC(=O)C(C)Nc1cc(Br)c(F)cc1F. The maximum Gasteiger partial charge on any atom is 0.242 e. The lowest BCUT2D eigenvalue weighted by Crippen LogP contribution is -2.38. The topological polar surface area (TPSA) is 41.1 Å². The molecule has 0 saturated carbocycles. The van der Waals surface area contributed by atoms with Crippen molar-refractivity contribution in [3.05, 3.63) is 28.2 Å². The van der Waals surface area contributed by atoms with Crippen LogP contribution < -0.4 is 10.6 Å². The predicted molar refractivity (Wildman–Crippen MR) is 79.6 cm³/mol.